The van der Waals surface area contributed by atoms with E-state index in [9.17, 15) is 9.59 Å². The quantitative estimate of drug-likeness (QED) is 0.858. The van der Waals surface area contributed by atoms with Crippen LogP contribution in [0.2, 0.25) is 0 Å². The van der Waals surface area contributed by atoms with Crippen molar-refractivity contribution in [2.75, 3.05) is 18.4 Å². The smallest absolute Gasteiger partial charge is 0.318 e. The zero-order valence-corrected chi connectivity index (χ0v) is 15.5. The van der Waals surface area contributed by atoms with E-state index in [0.29, 0.717) is 19.5 Å². The average molecular weight is 347 g/mol. The van der Waals surface area contributed by atoms with E-state index in [4.69, 9.17) is 4.74 Å². The van der Waals surface area contributed by atoms with Gasteiger partial charge in [-0.3, -0.25) is 4.79 Å². The molecule has 1 saturated heterocycles. The number of morpholine rings is 1. The van der Waals surface area contributed by atoms with Gasteiger partial charge < -0.3 is 20.3 Å². The van der Waals surface area contributed by atoms with Crippen LogP contribution in [-0.4, -0.2) is 42.1 Å². The van der Waals surface area contributed by atoms with Crippen LogP contribution in [0.1, 0.15) is 52.1 Å². The number of carbonyl (C=O) groups excluding carboxylic acids is 2. The Morgan fingerprint density at radius 2 is 1.92 bits per heavy atom. The zero-order valence-electron chi connectivity index (χ0n) is 15.5. The van der Waals surface area contributed by atoms with E-state index in [1.807, 2.05) is 49.9 Å². The van der Waals surface area contributed by atoms with Crippen molar-refractivity contribution in [2.24, 2.45) is 0 Å². The van der Waals surface area contributed by atoms with Crippen LogP contribution in [0.4, 0.5) is 10.5 Å². The second-order valence-electron chi connectivity index (χ2n) is 6.58. The lowest BCUT2D eigenvalue weighted by molar-refractivity contribution is -0.115. The molecule has 2 N–H and O–H groups in total. The number of nitrogens with zero attached hydrogens (tertiary/aromatic N) is 1. The minimum Gasteiger partial charge on any atom is -0.372 e. The van der Waals surface area contributed by atoms with E-state index in [0.717, 1.165) is 17.7 Å². The summed E-state index contributed by atoms with van der Waals surface area (Å²) in [6.45, 7) is 9.07. The number of amides is 3. The van der Waals surface area contributed by atoms with Crippen LogP contribution in [0.25, 0.3) is 0 Å². The number of ether oxygens (including phenoxy) is 1. The van der Waals surface area contributed by atoms with Gasteiger partial charge in [-0.1, -0.05) is 26.0 Å². The number of hydrogen-bond acceptors (Lipinski definition) is 3. The second-order valence-corrected chi connectivity index (χ2v) is 6.58. The Balaban J connectivity index is 1.93. The molecule has 2 rings (SSSR count). The Morgan fingerprint density at radius 1 is 1.24 bits per heavy atom. The Hall–Kier alpha value is -2.08. The first-order chi connectivity index (χ1) is 11.9. The Morgan fingerprint density at radius 3 is 2.52 bits per heavy atom. The highest BCUT2D eigenvalue weighted by Crippen LogP contribution is 2.18. The molecular weight excluding hydrogens is 318 g/mol. The molecule has 0 radical (unpaired) electrons. The SMILES string of the molecule is CCC(=O)Nc1ccc([C@H](C)NC(=O)N2C[C@H](CC)O[C@H](C)C2)cc1. The number of nitrogens with one attached hydrogen (secondary N) is 2. The molecular formula is C19H29N3O3. The van der Waals surface area contributed by atoms with Gasteiger partial charge in [0, 0.05) is 25.2 Å². The maximum Gasteiger partial charge on any atom is 0.318 e. The summed E-state index contributed by atoms with van der Waals surface area (Å²) in [5.41, 5.74) is 1.76. The molecule has 0 unspecified atom stereocenters. The third-order valence-electron chi connectivity index (χ3n) is 4.42. The maximum atomic E-state index is 12.5. The summed E-state index contributed by atoms with van der Waals surface area (Å²) in [5.74, 6) is -0.0129. The van der Waals surface area contributed by atoms with Gasteiger partial charge in [-0.05, 0) is 38.0 Å². The minimum atomic E-state index is -0.110. The summed E-state index contributed by atoms with van der Waals surface area (Å²) < 4.78 is 5.80. The fourth-order valence-corrected chi connectivity index (χ4v) is 2.90. The van der Waals surface area contributed by atoms with Crippen LogP contribution in [0.5, 0.6) is 0 Å². The van der Waals surface area contributed by atoms with Crippen molar-refractivity contribution in [2.45, 2.75) is 58.8 Å². The number of rotatable bonds is 5. The number of anilines is 1. The Bertz CT molecular complexity index is 588. The van der Waals surface area contributed by atoms with Crippen LogP contribution in [0.15, 0.2) is 24.3 Å². The first-order valence-corrected chi connectivity index (χ1v) is 9.03. The van der Waals surface area contributed by atoms with Gasteiger partial charge in [-0.25, -0.2) is 4.79 Å². The van der Waals surface area contributed by atoms with Crippen molar-refractivity contribution in [3.8, 4) is 0 Å². The minimum absolute atomic E-state index is 0.0129. The molecule has 6 nitrogen and oxygen atoms in total. The van der Waals surface area contributed by atoms with Crippen LogP contribution in [0, 0.1) is 0 Å². The summed E-state index contributed by atoms with van der Waals surface area (Å²) in [5, 5.41) is 5.86. The van der Waals surface area contributed by atoms with Crippen LogP contribution >= 0.6 is 0 Å². The van der Waals surface area contributed by atoms with E-state index >= 15 is 0 Å². The predicted octanol–water partition coefficient (Wildman–Crippen LogP) is 3.31. The van der Waals surface area contributed by atoms with Crippen LogP contribution in [-0.2, 0) is 9.53 Å². The average Bonchev–Trinajstić information content (AvgIpc) is 2.61. The monoisotopic (exact) mass is 347 g/mol. The van der Waals surface area contributed by atoms with E-state index in [1.54, 1.807) is 0 Å². The van der Waals surface area contributed by atoms with Crippen molar-refractivity contribution >= 4 is 17.6 Å². The highest BCUT2D eigenvalue weighted by Gasteiger charge is 2.28. The molecule has 1 aromatic rings. The van der Waals surface area contributed by atoms with Gasteiger partial charge in [0.1, 0.15) is 0 Å². The highest BCUT2D eigenvalue weighted by atomic mass is 16.5. The normalized spacial score (nSPS) is 21.5. The van der Waals surface area contributed by atoms with Gasteiger partial charge in [0.25, 0.3) is 0 Å². The molecule has 0 bridgehead atoms. The van der Waals surface area contributed by atoms with Crippen molar-refractivity contribution in [1.29, 1.82) is 0 Å². The van der Waals surface area contributed by atoms with Crippen molar-refractivity contribution in [3.63, 3.8) is 0 Å². The molecule has 25 heavy (non-hydrogen) atoms. The molecule has 0 aliphatic carbocycles. The number of hydrogen-bond donors (Lipinski definition) is 2. The molecule has 138 valence electrons. The van der Waals surface area contributed by atoms with E-state index in [2.05, 4.69) is 17.6 Å². The second kappa shape index (κ2) is 8.85. The Kier molecular flexibility index (Phi) is 6.82. The third-order valence-corrected chi connectivity index (χ3v) is 4.42. The van der Waals surface area contributed by atoms with Gasteiger partial charge in [-0.15, -0.1) is 0 Å². The van der Waals surface area contributed by atoms with Crippen molar-refractivity contribution in [3.05, 3.63) is 29.8 Å². The number of carbonyl (C=O) groups is 2. The van der Waals surface area contributed by atoms with Gasteiger partial charge in [-0.2, -0.15) is 0 Å². The lowest BCUT2D eigenvalue weighted by atomic mass is 10.1. The van der Waals surface area contributed by atoms with Gasteiger partial charge in [0.2, 0.25) is 5.91 Å². The molecule has 1 fully saturated rings. The van der Waals surface area contributed by atoms with E-state index < -0.39 is 0 Å². The maximum absolute atomic E-state index is 12.5. The first-order valence-electron chi connectivity index (χ1n) is 9.03. The fourth-order valence-electron chi connectivity index (χ4n) is 2.90. The molecule has 1 aliphatic rings. The standard InChI is InChI=1S/C19H29N3O3/c1-5-17-12-22(11-13(3)25-17)19(24)20-14(4)15-7-9-16(10-8-15)21-18(23)6-2/h7-10,13-14,17H,5-6,11-12H2,1-4H3,(H,20,24)(H,21,23)/t13-,14+,17+/m1/s1. The Labute approximate surface area is 149 Å². The summed E-state index contributed by atoms with van der Waals surface area (Å²) >= 11 is 0. The lowest BCUT2D eigenvalue weighted by Gasteiger charge is -2.37. The number of urea groups is 1. The predicted molar refractivity (Wildman–Crippen MR) is 98.5 cm³/mol. The largest absolute Gasteiger partial charge is 0.372 e. The fraction of sp³-hybridized carbons (Fsp3) is 0.579. The molecule has 1 heterocycles. The molecule has 6 heteroatoms. The molecule has 0 spiro atoms. The van der Waals surface area contributed by atoms with E-state index in [1.165, 1.54) is 0 Å². The van der Waals surface area contributed by atoms with Gasteiger partial charge in [0.05, 0.1) is 18.2 Å². The molecule has 1 aromatic carbocycles. The third kappa shape index (κ3) is 5.46. The summed E-state index contributed by atoms with van der Waals surface area (Å²) in [7, 11) is 0. The van der Waals surface area contributed by atoms with Crippen LogP contribution in [0.3, 0.4) is 0 Å². The van der Waals surface area contributed by atoms with Crippen molar-refractivity contribution < 1.29 is 14.3 Å². The highest BCUT2D eigenvalue weighted by molar-refractivity contribution is 5.90. The summed E-state index contributed by atoms with van der Waals surface area (Å²) in [4.78, 5) is 25.8. The number of benzene rings is 1. The van der Waals surface area contributed by atoms with Gasteiger partial charge >= 0.3 is 6.03 Å². The summed E-state index contributed by atoms with van der Waals surface area (Å²) in [6.07, 6.45) is 1.51. The molecule has 0 saturated carbocycles. The molecule has 1 aliphatic heterocycles. The first kappa shape index (κ1) is 19.2. The topological polar surface area (TPSA) is 70.7 Å². The van der Waals surface area contributed by atoms with Crippen molar-refractivity contribution in [1.82, 2.24) is 10.2 Å². The molecule has 3 amide bonds. The van der Waals surface area contributed by atoms with Crippen LogP contribution < -0.4 is 10.6 Å². The summed E-state index contributed by atoms with van der Waals surface area (Å²) in [6, 6.07) is 7.39. The molecule has 0 aromatic heterocycles. The van der Waals surface area contributed by atoms with Gasteiger partial charge in [0.15, 0.2) is 0 Å². The lowest BCUT2D eigenvalue weighted by Crippen LogP contribution is -2.52. The van der Waals surface area contributed by atoms with E-state index in [-0.39, 0.29) is 30.2 Å². The zero-order chi connectivity index (χ0) is 18.4. The molecule has 3 atom stereocenters.